The molecule has 0 saturated carbocycles. The number of hydrogen-bond donors (Lipinski definition) is 2. The molecule has 0 spiro atoms. The van der Waals surface area contributed by atoms with Crippen molar-refractivity contribution >= 4 is 23.1 Å². The first-order valence-corrected chi connectivity index (χ1v) is 7.60. The van der Waals surface area contributed by atoms with Crippen molar-refractivity contribution in [2.75, 3.05) is 26.0 Å². The van der Waals surface area contributed by atoms with E-state index in [1.165, 1.54) is 6.07 Å². The van der Waals surface area contributed by atoms with Crippen molar-refractivity contribution in [1.29, 1.82) is 0 Å². The molecule has 1 unspecified atom stereocenters. The van der Waals surface area contributed by atoms with Gasteiger partial charge in [0.25, 0.3) is 0 Å². The number of carbonyl (C=O) groups is 1. The van der Waals surface area contributed by atoms with Crippen LogP contribution in [0.25, 0.3) is 0 Å². The SMILES string of the molecule is CN(C)C(CNC(=O)Nc1ccc(F)c(F)c1)c1ccsc1. The Morgan fingerprint density at radius 2 is 2.05 bits per heavy atom. The van der Waals surface area contributed by atoms with Gasteiger partial charge in [0, 0.05) is 18.3 Å². The summed E-state index contributed by atoms with van der Waals surface area (Å²) >= 11 is 1.59. The second kappa shape index (κ2) is 7.33. The van der Waals surface area contributed by atoms with Gasteiger partial charge in [0.1, 0.15) is 0 Å². The van der Waals surface area contributed by atoms with Crippen LogP contribution in [0, 0.1) is 11.6 Å². The number of nitrogens with zero attached hydrogens (tertiary/aromatic N) is 1. The number of halogens is 2. The summed E-state index contributed by atoms with van der Waals surface area (Å²) in [5.41, 5.74) is 1.32. The monoisotopic (exact) mass is 325 g/mol. The average Bonchev–Trinajstić information content (AvgIpc) is 2.97. The number of benzene rings is 1. The molecule has 7 heteroatoms. The third-order valence-electron chi connectivity index (χ3n) is 3.18. The van der Waals surface area contributed by atoms with Crippen LogP contribution in [0.3, 0.4) is 0 Å². The minimum Gasteiger partial charge on any atom is -0.336 e. The molecule has 0 fully saturated rings. The van der Waals surface area contributed by atoms with Crippen LogP contribution in [-0.2, 0) is 0 Å². The van der Waals surface area contributed by atoms with Crippen LogP contribution >= 0.6 is 11.3 Å². The molecule has 22 heavy (non-hydrogen) atoms. The number of anilines is 1. The summed E-state index contributed by atoms with van der Waals surface area (Å²) < 4.78 is 25.9. The van der Waals surface area contributed by atoms with E-state index in [4.69, 9.17) is 0 Å². The van der Waals surface area contributed by atoms with Crippen LogP contribution in [0.2, 0.25) is 0 Å². The smallest absolute Gasteiger partial charge is 0.319 e. The van der Waals surface area contributed by atoms with E-state index in [0.29, 0.717) is 6.54 Å². The zero-order chi connectivity index (χ0) is 16.1. The van der Waals surface area contributed by atoms with Gasteiger partial charge in [-0.1, -0.05) is 0 Å². The molecule has 2 amide bonds. The van der Waals surface area contributed by atoms with Crippen LogP contribution in [0.5, 0.6) is 0 Å². The maximum absolute atomic E-state index is 13.1. The largest absolute Gasteiger partial charge is 0.336 e. The molecule has 0 aliphatic carbocycles. The van der Waals surface area contributed by atoms with E-state index in [-0.39, 0.29) is 11.7 Å². The third kappa shape index (κ3) is 4.25. The molecular formula is C15H17F2N3OS. The lowest BCUT2D eigenvalue weighted by Gasteiger charge is -2.24. The summed E-state index contributed by atoms with van der Waals surface area (Å²) in [4.78, 5) is 13.9. The van der Waals surface area contributed by atoms with E-state index in [1.807, 2.05) is 35.8 Å². The highest BCUT2D eigenvalue weighted by molar-refractivity contribution is 7.07. The molecule has 118 valence electrons. The summed E-state index contributed by atoms with van der Waals surface area (Å²) in [7, 11) is 3.86. The molecule has 0 aliphatic rings. The predicted molar refractivity (Wildman–Crippen MR) is 84.1 cm³/mol. The van der Waals surface area contributed by atoms with Crippen molar-refractivity contribution in [3.8, 4) is 0 Å². The predicted octanol–water partition coefficient (Wildman–Crippen LogP) is 3.45. The molecule has 0 bridgehead atoms. The van der Waals surface area contributed by atoms with Gasteiger partial charge in [-0.15, -0.1) is 0 Å². The van der Waals surface area contributed by atoms with Gasteiger partial charge in [-0.05, 0) is 48.6 Å². The molecule has 0 aliphatic heterocycles. The number of hydrogen-bond acceptors (Lipinski definition) is 3. The Labute approximate surface area is 131 Å². The average molecular weight is 325 g/mol. The van der Waals surface area contributed by atoms with Crippen LogP contribution in [-0.4, -0.2) is 31.6 Å². The van der Waals surface area contributed by atoms with Crippen molar-refractivity contribution < 1.29 is 13.6 Å². The Hall–Kier alpha value is -1.99. The van der Waals surface area contributed by atoms with Crippen LogP contribution in [0.1, 0.15) is 11.6 Å². The normalized spacial score (nSPS) is 12.2. The minimum atomic E-state index is -0.998. The van der Waals surface area contributed by atoms with E-state index in [9.17, 15) is 13.6 Å². The summed E-state index contributed by atoms with van der Waals surface area (Å²) in [6.07, 6.45) is 0. The molecule has 1 aromatic heterocycles. The molecule has 2 aromatic rings. The number of rotatable bonds is 5. The Morgan fingerprint density at radius 3 is 2.64 bits per heavy atom. The van der Waals surface area contributed by atoms with Crippen molar-refractivity contribution in [3.05, 3.63) is 52.2 Å². The standard InChI is InChI=1S/C15H17F2N3OS/c1-20(2)14(10-5-6-22-9-10)8-18-15(21)19-11-3-4-12(16)13(17)7-11/h3-7,9,14H,8H2,1-2H3,(H2,18,19,21). The van der Waals surface area contributed by atoms with Gasteiger partial charge in [0.15, 0.2) is 11.6 Å². The fourth-order valence-corrected chi connectivity index (χ4v) is 2.71. The summed E-state index contributed by atoms with van der Waals surface area (Å²) in [6.45, 7) is 0.402. The van der Waals surface area contributed by atoms with Crippen molar-refractivity contribution in [2.24, 2.45) is 0 Å². The van der Waals surface area contributed by atoms with Gasteiger partial charge in [0.05, 0.1) is 6.04 Å². The van der Waals surface area contributed by atoms with Crippen LogP contribution < -0.4 is 10.6 Å². The summed E-state index contributed by atoms with van der Waals surface area (Å²) in [6, 6.07) is 4.80. The number of likely N-dealkylation sites (N-methyl/N-ethyl adjacent to an activating group) is 1. The second-order valence-electron chi connectivity index (χ2n) is 5.00. The van der Waals surface area contributed by atoms with Crippen molar-refractivity contribution in [3.63, 3.8) is 0 Å². The van der Waals surface area contributed by atoms with Crippen molar-refractivity contribution in [2.45, 2.75) is 6.04 Å². The molecule has 2 rings (SSSR count). The van der Waals surface area contributed by atoms with Crippen molar-refractivity contribution in [1.82, 2.24) is 10.2 Å². The quantitative estimate of drug-likeness (QED) is 0.884. The fraction of sp³-hybridized carbons (Fsp3) is 0.267. The third-order valence-corrected chi connectivity index (χ3v) is 3.89. The lowest BCUT2D eigenvalue weighted by Crippen LogP contribution is -2.36. The Morgan fingerprint density at radius 1 is 1.27 bits per heavy atom. The summed E-state index contributed by atoms with van der Waals surface area (Å²) in [5.74, 6) is -1.95. The molecule has 0 radical (unpaired) electrons. The maximum Gasteiger partial charge on any atom is 0.319 e. The number of thiophene rings is 1. The highest BCUT2D eigenvalue weighted by Crippen LogP contribution is 2.20. The first-order chi connectivity index (χ1) is 10.5. The lowest BCUT2D eigenvalue weighted by atomic mass is 10.1. The van der Waals surface area contributed by atoms with Crippen LogP contribution in [0.15, 0.2) is 35.0 Å². The van der Waals surface area contributed by atoms with Gasteiger partial charge in [-0.3, -0.25) is 0 Å². The maximum atomic E-state index is 13.1. The van der Waals surface area contributed by atoms with Gasteiger partial charge >= 0.3 is 6.03 Å². The van der Waals surface area contributed by atoms with E-state index in [2.05, 4.69) is 10.6 Å². The summed E-state index contributed by atoms with van der Waals surface area (Å²) in [5, 5.41) is 9.22. The molecule has 4 nitrogen and oxygen atoms in total. The van der Waals surface area contributed by atoms with E-state index in [1.54, 1.807) is 11.3 Å². The molecule has 1 heterocycles. The first-order valence-electron chi connectivity index (χ1n) is 6.66. The zero-order valence-electron chi connectivity index (χ0n) is 12.3. The van der Waals surface area contributed by atoms with Gasteiger partial charge in [-0.25, -0.2) is 13.6 Å². The molecular weight excluding hydrogens is 308 g/mol. The topological polar surface area (TPSA) is 44.4 Å². The second-order valence-corrected chi connectivity index (χ2v) is 5.78. The first kappa shape index (κ1) is 16.4. The number of carbonyl (C=O) groups excluding carboxylic acids is 1. The van der Waals surface area contributed by atoms with E-state index >= 15 is 0 Å². The van der Waals surface area contributed by atoms with E-state index < -0.39 is 17.7 Å². The van der Waals surface area contributed by atoms with E-state index in [0.717, 1.165) is 17.7 Å². The van der Waals surface area contributed by atoms with Gasteiger partial charge in [-0.2, -0.15) is 11.3 Å². The van der Waals surface area contributed by atoms with Crippen LogP contribution in [0.4, 0.5) is 19.3 Å². The highest BCUT2D eigenvalue weighted by Gasteiger charge is 2.15. The molecule has 0 saturated heterocycles. The molecule has 1 atom stereocenters. The highest BCUT2D eigenvalue weighted by atomic mass is 32.1. The molecule has 2 N–H and O–H groups in total. The Balaban J connectivity index is 1.92. The lowest BCUT2D eigenvalue weighted by molar-refractivity contribution is 0.243. The number of nitrogens with one attached hydrogen (secondary N) is 2. The molecule has 1 aromatic carbocycles. The number of urea groups is 1. The number of amides is 2. The zero-order valence-corrected chi connectivity index (χ0v) is 13.1. The Bertz CT molecular complexity index is 632. The Kier molecular flexibility index (Phi) is 5.46. The minimum absolute atomic E-state index is 0.0435. The fourth-order valence-electron chi connectivity index (χ4n) is 2.00. The van der Waals surface area contributed by atoms with Gasteiger partial charge < -0.3 is 15.5 Å². The van der Waals surface area contributed by atoms with Gasteiger partial charge in [0.2, 0.25) is 0 Å².